The zero-order valence-corrected chi connectivity index (χ0v) is 8.74. The number of hydrogen-bond acceptors (Lipinski definition) is 3. The average molecular weight is 174 g/mol. The van der Waals surface area contributed by atoms with Crippen LogP contribution in [-0.4, -0.2) is 38.9 Å². The molecule has 0 bridgehead atoms. The van der Waals surface area contributed by atoms with Crippen LogP contribution in [0.5, 0.6) is 0 Å². The highest BCUT2D eigenvalue weighted by atomic mass is 16.5. The molecule has 0 aromatic rings. The molecule has 0 unspecified atom stereocenters. The molecular formula is C9H22N2O. The number of hydrogen-bond donors (Lipinski definition) is 2. The minimum atomic E-state index is -0.00924. The molecule has 3 nitrogen and oxygen atoms in total. The fourth-order valence-corrected chi connectivity index (χ4v) is 0.768. The van der Waals surface area contributed by atoms with Crippen molar-refractivity contribution >= 4 is 0 Å². The quantitative estimate of drug-likeness (QED) is 0.579. The van der Waals surface area contributed by atoms with Crippen LogP contribution < -0.4 is 10.6 Å². The molecule has 0 rings (SSSR count). The molecule has 74 valence electrons. The van der Waals surface area contributed by atoms with Crippen LogP contribution in [0.4, 0.5) is 0 Å². The molecule has 2 N–H and O–H groups in total. The second kappa shape index (κ2) is 6.40. The molecule has 0 aromatic heterocycles. The number of rotatable bonds is 6. The fraction of sp³-hybridized carbons (Fsp3) is 1.00. The Morgan fingerprint density at radius 2 is 1.75 bits per heavy atom. The minimum Gasteiger partial charge on any atom is -0.375 e. The second-order valence-corrected chi connectivity index (χ2v) is 3.81. The van der Waals surface area contributed by atoms with Crippen LogP contribution in [0, 0.1) is 0 Å². The van der Waals surface area contributed by atoms with Crippen molar-refractivity contribution in [3.63, 3.8) is 0 Å². The van der Waals surface area contributed by atoms with Crippen LogP contribution in [-0.2, 0) is 4.74 Å². The third-order valence-corrected chi connectivity index (χ3v) is 1.37. The first-order valence-electron chi connectivity index (χ1n) is 4.55. The summed E-state index contributed by atoms with van der Waals surface area (Å²) >= 11 is 0. The van der Waals surface area contributed by atoms with E-state index >= 15 is 0 Å². The zero-order valence-electron chi connectivity index (χ0n) is 8.74. The van der Waals surface area contributed by atoms with E-state index in [-0.39, 0.29) is 5.60 Å². The summed E-state index contributed by atoms with van der Waals surface area (Å²) in [5, 5.41) is 6.34. The lowest BCUT2D eigenvalue weighted by Gasteiger charge is -2.19. The second-order valence-electron chi connectivity index (χ2n) is 3.81. The van der Waals surface area contributed by atoms with Crippen LogP contribution in [0.25, 0.3) is 0 Å². The van der Waals surface area contributed by atoms with Gasteiger partial charge in [-0.3, -0.25) is 0 Å². The van der Waals surface area contributed by atoms with Gasteiger partial charge in [-0.1, -0.05) is 0 Å². The molecule has 0 aliphatic carbocycles. The van der Waals surface area contributed by atoms with Gasteiger partial charge < -0.3 is 15.4 Å². The fourth-order valence-electron chi connectivity index (χ4n) is 0.768. The number of likely N-dealkylation sites (N-methyl/N-ethyl adjacent to an activating group) is 1. The van der Waals surface area contributed by atoms with E-state index in [1.54, 1.807) is 0 Å². The standard InChI is InChI=1S/C9H22N2O/c1-9(2,3)12-8-7-11-6-5-10-4/h10-11H,5-8H2,1-4H3. The van der Waals surface area contributed by atoms with Crippen molar-refractivity contribution < 1.29 is 4.74 Å². The Kier molecular flexibility index (Phi) is 6.34. The van der Waals surface area contributed by atoms with Crippen molar-refractivity contribution in [1.29, 1.82) is 0 Å². The molecule has 0 aliphatic rings. The lowest BCUT2D eigenvalue weighted by Crippen LogP contribution is -2.30. The number of nitrogens with one attached hydrogen (secondary N) is 2. The van der Waals surface area contributed by atoms with Gasteiger partial charge in [0, 0.05) is 19.6 Å². The molecule has 0 heterocycles. The Morgan fingerprint density at radius 1 is 1.08 bits per heavy atom. The van der Waals surface area contributed by atoms with E-state index in [0.29, 0.717) is 0 Å². The zero-order chi connectivity index (χ0) is 9.45. The van der Waals surface area contributed by atoms with Crippen LogP contribution in [0.1, 0.15) is 20.8 Å². The molecule has 0 saturated carbocycles. The van der Waals surface area contributed by atoms with Gasteiger partial charge in [-0.2, -0.15) is 0 Å². The summed E-state index contributed by atoms with van der Waals surface area (Å²) in [7, 11) is 1.95. The van der Waals surface area contributed by atoms with Crippen molar-refractivity contribution in [2.75, 3.05) is 33.3 Å². The Labute approximate surface area is 75.9 Å². The van der Waals surface area contributed by atoms with Crippen molar-refractivity contribution in [2.45, 2.75) is 26.4 Å². The van der Waals surface area contributed by atoms with Gasteiger partial charge in [-0.05, 0) is 27.8 Å². The molecule has 0 radical (unpaired) electrons. The summed E-state index contributed by atoms with van der Waals surface area (Å²) in [6.45, 7) is 9.94. The Bertz CT molecular complexity index is 99.2. The molecule has 0 amide bonds. The van der Waals surface area contributed by atoms with E-state index in [0.717, 1.165) is 26.2 Å². The van der Waals surface area contributed by atoms with Gasteiger partial charge in [0.1, 0.15) is 0 Å². The number of ether oxygens (including phenoxy) is 1. The highest BCUT2D eigenvalue weighted by molar-refractivity contribution is 4.59. The highest BCUT2D eigenvalue weighted by Crippen LogP contribution is 2.04. The normalized spacial score (nSPS) is 12.0. The van der Waals surface area contributed by atoms with Crippen molar-refractivity contribution in [1.82, 2.24) is 10.6 Å². The monoisotopic (exact) mass is 174 g/mol. The predicted molar refractivity (Wildman–Crippen MR) is 52.5 cm³/mol. The van der Waals surface area contributed by atoms with Gasteiger partial charge in [0.15, 0.2) is 0 Å². The average Bonchev–Trinajstić information content (AvgIpc) is 1.94. The summed E-state index contributed by atoms with van der Waals surface area (Å²) in [5.74, 6) is 0. The van der Waals surface area contributed by atoms with Gasteiger partial charge in [0.2, 0.25) is 0 Å². The maximum atomic E-state index is 5.53. The van der Waals surface area contributed by atoms with Crippen LogP contribution in [0.3, 0.4) is 0 Å². The van der Waals surface area contributed by atoms with Gasteiger partial charge in [0.25, 0.3) is 0 Å². The van der Waals surface area contributed by atoms with Crippen molar-refractivity contribution in [3.8, 4) is 0 Å². The lowest BCUT2D eigenvalue weighted by molar-refractivity contribution is -0.000695. The SMILES string of the molecule is CNCCNCCOC(C)(C)C. The van der Waals surface area contributed by atoms with Gasteiger partial charge in [-0.25, -0.2) is 0 Å². The van der Waals surface area contributed by atoms with Gasteiger partial charge >= 0.3 is 0 Å². The van der Waals surface area contributed by atoms with E-state index in [4.69, 9.17) is 4.74 Å². The predicted octanol–water partition coefficient (Wildman–Crippen LogP) is 0.610. The molecular weight excluding hydrogens is 152 g/mol. The molecule has 0 fully saturated rings. The summed E-state index contributed by atoms with van der Waals surface area (Å²) < 4.78 is 5.53. The highest BCUT2D eigenvalue weighted by Gasteiger charge is 2.08. The van der Waals surface area contributed by atoms with E-state index in [2.05, 4.69) is 31.4 Å². The van der Waals surface area contributed by atoms with Crippen molar-refractivity contribution in [3.05, 3.63) is 0 Å². The van der Waals surface area contributed by atoms with Crippen LogP contribution in [0.15, 0.2) is 0 Å². The first kappa shape index (κ1) is 11.9. The molecule has 0 spiro atoms. The van der Waals surface area contributed by atoms with Crippen LogP contribution >= 0.6 is 0 Å². The van der Waals surface area contributed by atoms with Gasteiger partial charge in [0.05, 0.1) is 12.2 Å². The maximum Gasteiger partial charge on any atom is 0.0599 e. The van der Waals surface area contributed by atoms with E-state index < -0.39 is 0 Å². The molecule has 3 heteroatoms. The molecule has 0 saturated heterocycles. The van der Waals surface area contributed by atoms with E-state index in [9.17, 15) is 0 Å². The Hall–Kier alpha value is -0.120. The molecule has 0 aromatic carbocycles. The largest absolute Gasteiger partial charge is 0.375 e. The van der Waals surface area contributed by atoms with E-state index in [1.165, 1.54) is 0 Å². The third-order valence-electron chi connectivity index (χ3n) is 1.37. The first-order chi connectivity index (χ1) is 5.56. The summed E-state index contributed by atoms with van der Waals surface area (Å²) in [6.07, 6.45) is 0. The molecule has 12 heavy (non-hydrogen) atoms. The summed E-state index contributed by atoms with van der Waals surface area (Å²) in [4.78, 5) is 0. The van der Waals surface area contributed by atoms with Crippen LogP contribution in [0.2, 0.25) is 0 Å². The van der Waals surface area contributed by atoms with E-state index in [1.807, 2.05) is 7.05 Å². The van der Waals surface area contributed by atoms with Gasteiger partial charge in [-0.15, -0.1) is 0 Å². The molecule has 0 aliphatic heterocycles. The lowest BCUT2D eigenvalue weighted by atomic mass is 10.2. The Balaban J connectivity index is 3.01. The minimum absolute atomic E-state index is 0.00924. The first-order valence-corrected chi connectivity index (χ1v) is 4.55. The van der Waals surface area contributed by atoms with Crippen molar-refractivity contribution in [2.24, 2.45) is 0 Å². The molecule has 0 atom stereocenters. The topological polar surface area (TPSA) is 33.3 Å². The Morgan fingerprint density at radius 3 is 2.25 bits per heavy atom. The summed E-state index contributed by atoms with van der Waals surface area (Å²) in [5.41, 5.74) is -0.00924. The summed E-state index contributed by atoms with van der Waals surface area (Å²) in [6, 6.07) is 0. The third kappa shape index (κ3) is 9.88. The maximum absolute atomic E-state index is 5.53. The smallest absolute Gasteiger partial charge is 0.0599 e.